The molecule has 1 amide bonds. The molecule has 0 aromatic heterocycles. The molecule has 18 heavy (non-hydrogen) atoms. The van der Waals surface area contributed by atoms with Gasteiger partial charge in [0.05, 0.1) is 0 Å². The van der Waals surface area contributed by atoms with Gasteiger partial charge in [-0.2, -0.15) is 12.6 Å². The third kappa shape index (κ3) is 2.43. The van der Waals surface area contributed by atoms with Gasteiger partial charge in [-0.3, -0.25) is 4.79 Å². The van der Waals surface area contributed by atoms with Crippen molar-refractivity contribution in [3.8, 4) is 5.75 Å². The van der Waals surface area contributed by atoms with Crippen LogP contribution in [0.5, 0.6) is 5.75 Å². The van der Waals surface area contributed by atoms with E-state index in [2.05, 4.69) is 12.6 Å². The van der Waals surface area contributed by atoms with E-state index in [1.54, 1.807) is 0 Å². The van der Waals surface area contributed by atoms with Crippen molar-refractivity contribution in [1.29, 1.82) is 0 Å². The summed E-state index contributed by atoms with van der Waals surface area (Å²) in [7, 11) is 0. The van der Waals surface area contributed by atoms with Crippen LogP contribution >= 0.6 is 12.6 Å². The van der Waals surface area contributed by atoms with Crippen molar-refractivity contribution in [2.45, 2.75) is 17.7 Å². The van der Waals surface area contributed by atoms with Crippen LogP contribution in [0.3, 0.4) is 0 Å². The number of thiol groups is 1. The normalized spacial score (nSPS) is 21.1. The summed E-state index contributed by atoms with van der Waals surface area (Å²) in [6.45, 7) is 0.319. The second-order valence-electron chi connectivity index (χ2n) is 4.24. The first-order chi connectivity index (χ1) is 8.49. The third-order valence-corrected chi connectivity index (χ3v) is 3.24. The number of carbonyl (C=O) groups excluding carboxylic acids is 1. The Hall–Kier alpha value is -1.69. The summed E-state index contributed by atoms with van der Waals surface area (Å²) in [5.41, 5.74) is 0.469. The van der Waals surface area contributed by atoms with E-state index in [4.69, 9.17) is 0 Å². The second kappa shape index (κ2) is 4.89. The Bertz CT molecular complexity index is 473. The van der Waals surface area contributed by atoms with E-state index in [1.165, 1.54) is 29.2 Å². The van der Waals surface area contributed by atoms with E-state index < -0.39 is 12.0 Å². The third-order valence-electron chi connectivity index (χ3n) is 2.89. The van der Waals surface area contributed by atoms with Gasteiger partial charge in [0, 0.05) is 18.2 Å². The predicted octanol–water partition coefficient (Wildman–Crippen LogP) is 1.05. The average Bonchev–Trinajstić information content (AvgIpc) is 2.61. The summed E-state index contributed by atoms with van der Waals surface area (Å²) < 4.78 is 0. The topological polar surface area (TPSA) is 77.8 Å². The van der Waals surface area contributed by atoms with Gasteiger partial charge in [-0.1, -0.05) is 12.1 Å². The number of hydrogen-bond acceptors (Lipinski definition) is 4. The molecular weight excluding hydrogens is 254 g/mol. The lowest BCUT2D eigenvalue weighted by Gasteiger charge is -2.24. The van der Waals surface area contributed by atoms with Crippen molar-refractivity contribution in [2.75, 3.05) is 6.54 Å². The molecule has 1 fully saturated rings. The largest absolute Gasteiger partial charge is 0.508 e. The van der Waals surface area contributed by atoms with Crippen LogP contribution in [0.2, 0.25) is 0 Å². The highest BCUT2D eigenvalue weighted by Crippen LogP contribution is 2.29. The highest BCUT2D eigenvalue weighted by molar-refractivity contribution is 7.81. The summed E-state index contributed by atoms with van der Waals surface area (Å²) in [5, 5.41) is 18.3. The molecule has 0 saturated carbocycles. The molecule has 1 aromatic carbocycles. The molecule has 1 heterocycles. The van der Waals surface area contributed by atoms with E-state index in [0.717, 1.165) is 0 Å². The van der Waals surface area contributed by atoms with Gasteiger partial charge in [-0.25, -0.2) is 4.79 Å². The van der Waals surface area contributed by atoms with Crippen LogP contribution in [-0.4, -0.2) is 38.8 Å². The first-order valence-corrected chi connectivity index (χ1v) is 6.00. The molecule has 0 aliphatic carbocycles. The van der Waals surface area contributed by atoms with Crippen molar-refractivity contribution >= 4 is 24.5 Å². The smallest absolute Gasteiger partial charge is 0.331 e. The number of phenols is 1. The van der Waals surface area contributed by atoms with Crippen LogP contribution in [-0.2, 0) is 9.59 Å². The summed E-state index contributed by atoms with van der Waals surface area (Å²) in [4.78, 5) is 24.4. The Morgan fingerprint density at radius 2 is 2.00 bits per heavy atom. The molecule has 2 N–H and O–H groups in total. The number of carboxylic acid groups (broad SMARTS) is 1. The molecule has 1 aliphatic rings. The monoisotopic (exact) mass is 267 g/mol. The lowest BCUT2D eigenvalue weighted by molar-refractivity contribution is -0.148. The van der Waals surface area contributed by atoms with Gasteiger partial charge in [0.15, 0.2) is 6.04 Å². The molecule has 1 unspecified atom stereocenters. The molecule has 1 saturated heterocycles. The highest BCUT2D eigenvalue weighted by atomic mass is 32.1. The van der Waals surface area contributed by atoms with E-state index in [9.17, 15) is 19.8 Å². The Morgan fingerprint density at radius 3 is 2.44 bits per heavy atom. The summed E-state index contributed by atoms with van der Waals surface area (Å²) in [6.07, 6.45) is 0.255. The summed E-state index contributed by atoms with van der Waals surface area (Å²) >= 11 is 4.21. The van der Waals surface area contributed by atoms with Crippen molar-refractivity contribution in [1.82, 2.24) is 4.90 Å². The van der Waals surface area contributed by atoms with Crippen LogP contribution in [0.15, 0.2) is 24.3 Å². The Kier molecular flexibility index (Phi) is 3.47. The fourth-order valence-electron chi connectivity index (χ4n) is 2.07. The number of nitrogens with zero attached hydrogens (tertiary/aromatic N) is 1. The standard InChI is InChI=1S/C12H13NO4S/c14-8-3-1-7(2-4-8)11(12(16)17)13-6-9(18)5-10(13)15/h1-4,9,11,14,18H,5-6H2,(H,16,17)/t9?,11-/m1/s1. The number of aliphatic carboxylic acids is 1. The van der Waals surface area contributed by atoms with Crippen LogP contribution < -0.4 is 0 Å². The van der Waals surface area contributed by atoms with Gasteiger partial charge in [-0.15, -0.1) is 0 Å². The van der Waals surface area contributed by atoms with Crippen molar-refractivity contribution in [3.05, 3.63) is 29.8 Å². The first kappa shape index (κ1) is 12.8. The minimum Gasteiger partial charge on any atom is -0.508 e. The first-order valence-electron chi connectivity index (χ1n) is 5.48. The molecule has 0 spiro atoms. The molecule has 1 aliphatic heterocycles. The fraction of sp³-hybridized carbons (Fsp3) is 0.333. The zero-order chi connectivity index (χ0) is 13.3. The number of aromatic hydroxyl groups is 1. The van der Waals surface area contributed by atoms with Crippen LogP contribution in [0.25, 0.3) is 0 Å². The van der Waals surface area contributed by atoms with Gasteiger partial charge in [0.2, 0.25) is 5.91 Å². The van der Waals surface area contributed by atoms with Gasteiger partial charge < -0.3 is 15.1 Å². The summed E-state index contributed by atoms with van der Waals surface area (Å²) in [6, 6.07) is 4.81. The molecule has 5 nitrogen and oxygen atoms in total. The molecule has 6 heteroatoms. The van der Waals surface area contributed by atoms with Gasteiger partial charge in [0.25, 0.3) is 0 Å². The number of likely N-dealkylation sites (tertiary alicyclic amines) is 1. The van der Waals surface area contributed by atoms with Gasteiger partial charge in [0.1, 0.15) is 5.75 Å². The molecular formula is C12H13NO4S. The Labute approximate surface area is 109 Å². The summed E-state index contributed by atoms with van der Waals surface area (Å²) in [5.74, 6) is -1.24. The number of hydrogen-bond donors (Lipinski definition) is 3. The van der Waals surface area contributed by atoms with Crippen LogP contribution in [0.1, 0.15) is 18.0 Å². The SMILES string of the molecule is O=C(O)[C@@H](c1ccc(O)cc1)N1CC(S)CC1=O. The van der Waals surface area contributed by atoms with Crippen molar-refractivity contribution in [2.24, 2.45) is 0 Å². The minimum atomic E-state index is -1.09. The molecule has 2 rings (SSSR count). The fourth-order valence-corrected chi connectivity index (χ4v) is 2.41. The van der Waals surface area contributed by atoms with Crippen LogP contribution in [0.4, 0.5) is 0 Å². The minimum absolute atomic E-state index is 0.0581. The predicted molar refractivity (Wildman–Crippen MR) is 67.6 cm³/mol. The van der Waals surface area contributed by atoms with E-state index in [0.29, 0.717) is 12.1 Å². The highest BCUT2D eigenvalue weighted by Gasteiger charge is 2.37. The average molecular weight is 267 g/mol. The van der Waals surface area contributed by atoms with Gasteiger partial charge >= 0.3 is 5.97 Å². The molecule has 0 bridgehead atoms. The van der Waals surface area contributed by atoms with Crippen molar-refractivity contribution < 1.29 is 19.8 Å². The maximum atomic E-state index is 11.7. The maximum Gasteiger partial charge on any atom is 0.331 e. The molecule has 0 radical (unpaired) electrons. The number of benzene rings is 1. The van der Waals surface area contributed by atoms with E-state index in [1.807, 2.05) is 0 Å². The van der Waals surface area contributed by atoms with Crippen molar-refractivity contribution in [3.63, 3.8) is 0 Å². The molecule has 1 aromatic rings. The number of amides is 1. The molecule has 2 atom stereocenters. The Balaban J connectivity index is 2.32. The lowest BCUT2D eigenvalue weighted by atomic mass is 10.1. The van der Waals surface area contributed by atoms with Gasteiger partial charge in [-0.05, 0) is 17.7 Å². The van der Waals surface area contributed by atoms with E-state index in [-0.39, 0.29) is 23.3 Å². The number of carbonyl (C=O) groups is 2. The number of phenolic OH excluding ortho intramolecular Hbond substituents is 1. The zero-order valence-electron chi connectivity index (χ0n) is 9.48. The van der Waals surface area contributed by atoms with E-state index >= 15 is 0 Å². The zero-order valence-corrected chi connectivity index (χ0v) is 10.4. The quantitative estimate of drug-likeness (QED) is 0.715. The Morgan fingerprint density at radius 1 is 1.39 bits per heavy atom. The number of rotatable bonds is 3. The van der Waals surface area contributed by atoms with Crippen LogP contribution in [0, 0.1) is 0 Å². The lowest BCUT2D eigenvalue weighted by Crippen LogP contribution is -2.35. The molecule has 96 valence electrons. The second-order valence-corrected chi connectivity index (χ2v) is 4.97. The number of carboxylic acids is 1. The maximum absolute atomic E-state index is 11.7.